The number of nitrogens with one attached hydrogen (secondary N) is 1. The molecule has 0 bridgehead atoms. The van der Waals surface area contributed by atoms with Crippen LogP contribution in [-0.4, -0.2) is 25.1 Å². The minimum absolute atomic E-state index is 0.0449. The fourth-order valence-corrected chi connectivity index (χ4v) is 2.19. The van der Waals surface area contributed by atoms with Crippen molar-refractivity contribution in [2.24, 2.45) is 5.73 Å². The van der Waals surface area contributed by atoms with Gasteiger partial charge in [-0.3, -0.25) is 4.79 Å². The minimum Gasteiger partial charge on any atom is -0.493 e. The van der Waals surface area contributed by atoms with Gasteiger partial charge in [-0.1, -0.05) is 39.0 Å². The topological polar surface area (TPSA) is 64.3 Å². The van der Waals surface area contributed by atoms with Crippen molar-refractivity contribution in [2.75, 3.05) is 13.7 Å². The Kier molecular flexibility index (Phi) is 5.78. The number of carbonyl (C=O) groups excluding carboxylic acids is 1. The maximum Gasteiger partial charge on any atom is 0.237 e. The fourth-order valence-electron chi connectivity index (χ4n) is 2.19. The van der Waals surface area contributed by atoms with E-state index in [1.165, 1.54) is 5.56 Å². The van der Waals surface area contributed by atoms with Gasteiger partial charge in [0.2, 0.25) is 5.91 Å². The molecule has 0 spiro atoms. The van der Waals surface area contributed by atoms with E-state index in [4.69, 9.17) is 10.5 Å². The Labute approximate surface area is 128 Å². The summed E-state index contributed by atoms with van der Waals surface area (Å²) >= 11 is 0. The van der Waals surface area contributed by atoms with E-state index in [0.717, 1.165) is 12.2 Å². The zero-order valence-electron chi connectivity index (χ0n) is 13.8. The maximum atomic E-state index is 11.4. The summed E-state index contributed by atoms with van der Waals surface area (Å²) in [4.78, 5) is 11.4. The first-order valence-electron chi connectivity index (χ1n) is 7.42. The standard InChI is InChI=1S/C17H28N2O2/c1-16(2,3)13-9-6-7-10-14(13)21-12-8-11-17(4,19-5)15(18)20/h6-7,9-10,19H,8,11-12H2,1-5H3,(H2,18,20). The molecule has 0 aliphatic rings. The van der Waals surface area contributed by atoms with Crippen LogP contribution in [0.4, 0.5) is 0 Å². The largest absolute Gasteiger partial charge is 0.493 e. The SMILES string of the molecule is CNC(C)(CCCOc1ccccc1C(C)(C)C)C(N)=O. The van der Waals surface area contributed by atoms with Crippen LogP contribution in [0.2, 0.25) is 0 Å². The van der Waals surface area contributed by atoms with E-state index in [1.54, 1.807) is 7.05 Å². The van der Waals surface area contributed by atoms with Gasteiger partial charge in [0.1, 0.15) is 5.75 Å². The number of benzene rings is 1. The van der Waals surface area contributed by atoms with E-state index < -0.39 is 5.54 Å². The molecular formula is C17H28N2O2. The molecule has 0 saturated heterocycles. The minimum atomic E-state index is -0.674. The van der Waals surface area contributed by atoms with Crippen molar-refractivity contribution < 1.29 is 9.53 Å². The fraction of sp³-hybridized carbons (Fsp3) is 0.588. The van der Waals surface area contributed by atoms with Crippen LogP contribution >= 0.6 is 0 Å². The second-order valence-electron chi connectivity index (χ2n) is 6.64. The van der Waals surface area contributed by atoms with Crippen molar-refractivity contribution in [2.45, 2.75) is 51.5 Å². The first-order chi connectivity index (χ1) is 9.70. The summed E-state index contributed by atoms with van der Waals surface area (Å²) in [6, 6.07) is 8.09. The first kappa shape index (κ1) is 17.5. The van der Waals surface area contributed by atoms with Crippen LogP contribution in [0.15, 0.2) is 24.3 Å². The highest BCUT2D eigenvalue weighted by Gasteiger charge is 2.28. The third-order valence-electron chi connectivity index (χ3n) is 3.87. The van der Waals surface area contributed by atoms with Crippen LogP contribution in [0.1, 0.15) is 46.1 Å². The lowest BCUT2D eigenvalue weighted by Crippen LogP contribution is -2.51. The van der Waals surface area contributed by atoms with Gasteiger partial charge in [0.15, 0.2) is 0 Å². The Morgan fingerprint density at radius 1 is 1.24 bits per heavy atom. The Morgan fingerprint density at radius 3 is 2.38 bits per heavy atom. The van der Waals surface area contributed by atoms with Gasteiger partial charge in [0.25, 0.3) is 0 Å². The van der Waals surface area contributed by atoms with Gasteiger partial charge in [-0.2, -0.15) is 0 Å². The molecule has 1 rings (SSSR count). The van der Waals surface area contributed by atoms with Crippen LogP contribution in [0, 0.1) is 0 Å². The monoisotopic (exact) mass is 292 g/mol. The number of hydrogen-bond acceptors (Lipinski definition) is 3. The molecule has 3 N–H and O–H groups in total. The number of primary amides is 1. The molecule has 4 heteroatoms. The molecule has 1 aromatic carbocycles. The van der Waals surface area contributed by atoms with Gasteiger partial charge >= 0.3 is 0 Å². The number of rotatable bonds is 7. The second kappa shape index (κ2) is 6.94. The molecule has 0 saturated carbocycles. The third kappa shape index (κ3) is 4.74. The van der Waals surface area contributed by atoms with Gasteiger partial charge in [0, 0.05) is 0 Å². The van der Waals surface area contributed by atoms with Crippen LogP contribution in [0.25, 0.3) is 0 Å². The van der Waals surface area contributed by atoms with E-state index in [1.807, 2.05) is 25.1 Å². The summed E-state index contributed by atoms with van der Waals surface area (Å²) in [6.07, 6.45) is 1.41. The molecular weight excluding hydrogens is 264 g/mol. The smallest absolute Gasteiger partial charge is 0.237 e. The lowest BCUT2D eigenvalue weighted by Gasteiger charge is -2.26. The molecule has 118 valence electrons. The molecule has 1 amide bonds. The van der Waals surface area contributed by atoms with Crippen LogP contribution in [-0.2, 0) is 10.2 Å². The average Bonchev–Trinajstić information content (AvgIpc) is 2.42. The highest BCUT2D eigenvalue weighted by Crippen LogP contribution is 2.31. The highest BCUT2D eigenvalue weighted by molar-refractivity contribution is 5.84. The quantitative estimate of drug-likeness (QED) is 0.759. The van der Waals surface area contributed by atoms with Gasteiger partial charge in [-0.25, -0.2) is 0 Å². The van der Waals surface area contributed by atoms with Gasteiger partial charge < -0.3 is 15.8 Å². The predicted molar refractivity (Wildman–Crippen MR) is 86.5 cm³/mol. The molecule has 1 atom stereocenters. The molecule has 21 heavy (non-hydrogen) atoms. The van der Waals surface area contributed by atoms with E-state index in [9.17, 15) is 4.79 Å². The van der Waals surface area contributed by atoms with Crippen LogP contribution in [0.3, 0.4) is 0 Å². The molecule has 1 aromatic rings. The summed E-state index contributed by atoms with van der Waals surface area (Å²) in [5.74, 6) is 0.579. The lowest BCUT2D eigenvalue weighted by molar-refractivity contribution is -0.123. The normalized spacial score (nSPS) is 14.5. The van der Waals surface area contributed by atoms with Crippen LogP contribution in [0.5, 0.6) is 5.75 Å². The van der Waals surface area contributed by atoms with E-state index in [2.05, 4.69) is 32.2 Å². The number of nitrogens with two attached hydrogens (primary N) is 1. The van der Waals surface area contributed by atoms with Crippen molar-refractivity contribution >= 4 is 5.91 Å². The van der Waals surface area contributed by atoms with Crippen molar-refractivity contribution in [3.05, 3.63) is 29.8 Å². The van der Waals surface area contributed by atoms with E-state index in [0.29, 0.717) is 13.0 Å². The molecule has 0 heterocycles. The van der Waals surface area contributed by atoms with Gasteiger partial charge in [-0.05, 0) is 43.9 Å². The second-order valence-corrected chi connectivity index (χ2v) is 6.64. The third-order valence-corrected chi connectivity index (χ3v) is 3.87. The number of amides is 1. The molecule has 4 nitrogen and oxygen atoms in total. The van der Waals surface area contributed by atoms with Crippen LogP contribution < -0.4 is 15.8 Å². The van der Waals surface area contributed by atoms with Crippen molar-refractivity contribution in [1.82, 2.24) is 5.32 Å². The van der Waals surface area contributed by atoms with Crippen molar-refractivity contribution in [3.63, 3.8) is 0 Å². The Hall–Kier alpha value is -1.55. The zero-order valence-corrected chi connectivity index (χ0v) is 13.8. The van der Waals surface area contributed by atoms with Gasteiger partial charge in [0.05, 0.1) is 12.1 Å². The predicted octanol–water partition coefficient (Wildman–Crippen LogP) is 2.61. The maximum absolute atomic E-state index is 11.4. The van der Waals surface area contributed by atoms with Gasteiger partial charge in [-0.15, -0.1) is 0 Å². The Morgan fingerprint density at radius 2 is 1.86 bits per heavy atom. The zero-order chi connectivity index (χ0) is 16.1. The summed E-state index contributed by atoms with van der Waals surface area (Å²) < 4.78 is 5.90. The van der Waals surface area contributed by atoms with Crippen molar-refractivity contribution in [3.8, 4) is 5.75 Å². The molecule has 0 fully saturated rings. The average molecular weight is 292 g/mol. The van der Waals surface area contributed by atoms with Crippen molar-refractivity contribution in [1.29, 1.82) is 0 Å². The number of hydrogen-bond donors (Lipinski definition) is 2. The molecule has 1 unspecified atom stereocenters. The Balaban J connectivity index is 2.60. The van der Waals surface area contributed by atoms with E-state index >= 15 is 0 Å². The summed E-state index contributed by atoms with van der Waals surface area (Å²) in [7, 11) is 1.75. The summed E-state index contributed by atoms with van der Waals surface area (Å²) in [5.41, 5.74) is 5.98. The van der Waals surface area contributed by atoms with E-state index in [-0.39, 0.29) is 11.3 Å². The highest BCUT2D eigenvalue weighted by atomic mass is 16.5. The number of para-hydroxylation sites is 1. The molecule has 0 aromatic heterocycles. The number of ether oxygens (including phenoxy) is 1. The number of likely N-dealkylation sites (N-methyl/N-ethyl adjacent to an activating group) is 1. The molecule has 0 radical (unpaired) electrons. The summed E-state index contributed by atoms with van der Waals surface area (Å²) in [5, 5.41) is 2.98. The number of carbonyl (C=O) groups is 1. The Bertz CT molecular complexity index is 480. The first-order valence-corrected chi connectivity index (χ1v) is 7.42. The molecule has 0 aliphatic carbocycles. The lowest BCUT2D eigenvalue weighted by atomic mass is 9.86. The molecule has 0 aliphatic heterocycles. The summed E-state index contributed by atoms with van der Waals surface area (Å²) in [6.45, 7) is 8.89.